The van der Waals surface area contributed by atoms with Crippen molar-refractivity contribution >= 4 is 17.2 Å². The summed E-state index contributed by atoms with van der Waals surface area (Å²) < 4.78 is 0. The Morgan fingerprint density at radius 2 is 2.05 bits per heavy atom. The SMILES string of the molecule is CCc1cc(C(=O)N2CCCC3CCCCC32)sc1C. The van der Waals surface area contributed by atoms with Crippen molar-refractivity contribution in [3.05, 3.63) is 21.4 Å². The van der Waals surface area contributed by atoms with Crippen LogP contribution >= 0.6 is 11.3 Å². The first-order valence-electron chi connectivity index (χ1n) is 8.11. The highest BCUT2D eigenvalue weighted by molar-refractivity contribution is 7.14. The van der Waals surface area contributed by atoms with E-state index in [1.54, 1.807) is 11.3 Å². The normalized spacial score (nSPS) is 26.4. The second-order valence-electron chi connectivity index (χ2n) is 6.30. The molecule has 2 fully saturated rings. The van der Waals surface area contributed by atoms with E-state index in [2.05, 4.69) is 24.8 Å². The van der Waals surface area contributed by atoms with Crippen LogP contribution < -0.4 is 0 Å². The van der Waals surface area contributed by atoms with Gasteiger partial charge in [-0.05, 0) is 56.6 Å². The number of piperidine rings is 1. The summed E-state index contributed by atoms with van der Waals surface area (Å²) >= 11 is 1.69. The molecule has 0 radical (unpaired) electrons. The highest BCUT2D eigenvalue weighted by atomic mass is 32.1. The first-order chi connectivity index (χ1) is 9.70. The molecule has 1 aromatic heterocycles. The van der Waals surface area contributed by atoms with Crippen LogP contribution in [0.5, 0.6) is 0 Å². The topological polar surface area (TPSA) is 20.3 Å². The van der Waals surface area contributed by atoms with Gasteiger partial charge in [0.1, 0.15) is 0 Å². The van der Waals surface area contributed by atoms with E-state index in [0.717, 1.165) is 23.8 Å². The van der Waals surface area contributed by atoms with Crippen molar-refractivity contribution < 1.29 is 4.79 Å². The van der Waals surface area contributed by atoms with Crippen molar-refractivity contribution in [2.45, 2.75) is 64.8 Å². The summed E-state index contributed by atoms with van der Waals surface area (Å²) in [5.41, 5.74) is 1.34. The summed E-state index contributed by atoms with van der Waals surface area (Å²) in [6.07, 6.45) is 8.77. The number of amides is 1. The lowest BCUT2D eigenvalue weighted by Crippen LogP contribution is -2.49. The van der Waals surface area contributed by atoms with Crippen LogP contribution in [0.25, 0.3) is 0 Å². The van der Waals surface area contributed by atoms with E-state index < -0.39 is 0 Å². The highest BCUT2D eigenvalue weighted by Gasteiger charge is 2.36. The van der Waals surface area contributed by atoms with Gasteiger partial charge in [-0.2, -0.15) is 0 Å². The molecule has 0 spiro atoms. The van der Waals surface area contributed by atoms with Gasteiger partial charge in [0.15, 0.2) is 0 Å². The lowest BCUT2D eigenvalue weighted by molar-refractivity contribution is 0.0395. The molecule has 1 saturated carbocycles. The van der Waals surface area contributed by atoms with Gasteiger partial charge in [-0.15, -0.1) is 11.3 Å². The zero-order chi connectivity index (χ0) is 14.1. The molecule has 2 atom stereocenters. The van der Waals surface area contributed by atoms with E-state index in [1.807, 2.05) is 0 Å². The maximum atomic E-state index is 12.9. The fourth-order valence-corrected chi connectivity index (χ4v) is 5.06. The molecular formula is C17H25NOS. The molecule has 110 valence electrons. The smallest absolute Gasteiger partial charge is 0.264 e. The first kappa shape index (κ1) is 14.1. The van der Waals surface area contributed by atoms with Crippen molar-refractivity contribution in [1.29, 1.82) is 0 Å². The molecule has 3 heteroatoms. The predicted molar refractivity (Wildman–Crippen MR) is 84.5 cm³/mol. The number of hydrogen-bond acceptors (Lipinski definition) is 2. The van der Waals surface area contributed by atoms with Gasteiger partial charge in [-0.3, -0.25) is 4.79 Å². The molecule has 20 heavy (non-hydrogen) atoms. The number of hydrogen-bond donors (Lipinski definition) is 0. The van der Waals surface area contributed by atoms with Gasteiger partial charge < -0.3 is 4.90 Å². The van der Waals surface area contributed by atoms with Crippen LogP contribution in [0, 0.1) is 12.8 Å². The molecular weight excluding hydrogens is 266 g/mol. The molecule has 0 N–H and O–H groups in total. The van der Waals surface area contributed by atoms with Crippen molar-refractivity contribution in [1.82, 2.24) is 4.90 Å². The summed E-state index contributed by atoms with van der Waals surface area (Å²) in [5.74, 6) is 1.07. The summed E-state index contributed by atoms with van der Waals surface area (Å²) in [5, 5.41) is 0. The average Bonchev–Trinajstić information content (AvgIpc) is 2.87. The van der Waals surface area contributed by atoms with Crippen molar-refractivity contribution in [2.75, 3.05) is 6.54 Å². The summed E-state index contributed by atoms with van der Waals surface area (Å²) in [6.45, 7) is 5.28. The molecule has 2 heterocycles. The third kappa shape index (κ3) is 2.52. The predicted octanol–water partition coefficient (Wildman–Crippen LogP) is 4.41. The van der Waals surface area contributed by atoms with E-state index >= 15 is 0 Å². The molecule has 1 aliphatic heterocycles. The van der Waals surface area contributed by atoms with Gasteiger partial charge >= 0.3 is 0 Å². The van der Waals surface area contributed by atoms with Crippen molar-refractivity contribution in [3.63, 3.8) is 0 Å². The van der Waals surface area contributed by atoms with Gasteiger partial charge in [-0.1, -0.05) is 19.8 Å². The minimum Gasteiger partial charge on any atom is -0.335 e. The molecule has 0 aromatic carbocycles. The zero-order valence-corrected chi connectivity index (χ0v) is 13.5. The number of rotatable bonds is 2. The van der Waals surface area contributed by atoms with E-state index in [9.17, 15) is 4.79 Å². The minimum atomic E-state index is 0.300. The summed E-state index contributed by atoms with van der Waals surface area (Å²) in [4.78, 5) is 17.4. The van der Waals surface area contributed by atoms with Crippen LogP contribution in [-0.4, -0.2) is 23.4 Å². The van der Waals surface area contributed by atoms with Gasteiger partial charge in [0.05, 0.1) is 4.88 Å². The number of likely N-dealkylation sites (tertiary alicyclic amines) is 1. The van der Waals surface area contributed by atoms with Crippen LogP contribution in [0.1, 0.15) is 65.6 Å². The molecule has 2 unspecified atom stereocenters. The van der Waals surface area contributed by atoms with Gasteiger partial charge in [0.25, 0.3) is 5.91 Å². The van der Waals surface area contributed by atoms with E-state index in [-0.39, 0.29) is 0 Å². The molecule has 1 amide bonds. The number of carbonyl (C=O) groups excluding carboxylic acids is 1. The maximum absolute atomic E-state index is 12.9. The second kappa shape index (κ2) is 5.88. The van der Waals surface area contributed by atoms with Gasteiger partial charge in [0.2, 0.25) is 0 Å². The quantitative estimate of drug-likeness (QED) is 0.790. The fraction of sp³-hybridized carbons (Fsp3) is 0.706. The third-order valence-corrected chi connectivity index (χ3v) is 6.20. The van der Waals surface area contributed by atoms with Crippen LogP contribution in [0.2, 0.25) is 0 Å². The largest absolute Gasteiger partial charge is 0.335 e. The van der Waals surface area contributed by atoms with Crippen LogP contribution in [0.15, 0.2) is 6.07 Å². The summed E-state index contributed by atoms with van der Waals surface area (Å²) in [7, 11) is 0. The van der Waals surface area contributed by atoms with Crippen molar-refractivity contribution in [2.24, 2.45) is 5.92 Å². The fourth-order valence-electron chi connectivity index (χ4n) is 3.99. The Balaban J connectivity index is 1.81. The standard InChI is InChI=1S/C17H25NOS/c1-3-13-11-16(20-12(13)2)17(19)18-10-6-8-14-7-4-5-9-15(14)18/h11,14-15H,3-10H2,1-2H3. The lowest BCUT2D eigenvalue weighted by atomic mass is 9.78. The van der Waals surface area contributed by atoms with Crippen LogP contribution in [0.3, 0.4) is 0 Å². The molecule has 1 saturated heterocycles. The second-order valence-corrected chi connectivity index (χ2v) is 7.55. The molecule has 1 aliphatic carbocycles. The number of fused-ring (bicyclic) bond motifs is 1. The van der Waals surface area contributed by atoms with Crippen LogP contribution in [0.4, 0.5) is 0 Å². The van der Waals surface area contributed by atoms with E-state index in [4.69, 9.17) is 0 Å². The van der Waals surface area contributed by atoms with Gasteiger partial charge in [-0.25, -0.2) is 0 Å². The molecule has 3 rings (SSSR count). The molecule has 2 aliphatic rings. The van der Waals surface area contributed by atoms with Crippen LogP contribution in [-0.2, 0) is 6.42 Å². The number of thiophene rings is 1. The first-order valence-corrected chi connectivity index (χ1v) is 8.92. The third-order valence-electron chi connectivity index (χ3n) is 5.12. The monoisotopic (exact) mass is 291 g/mol. The number of nitrogens with zero attached hydrogens (tertiary/aromatic N) is 1. The number of aryl methyl sites for hydroxylation is 2. The van der Waals surface area contributed by atoms with E-state index in [0.29, 0.717) is 11.9 Å². The van der Waals surface area contributed by atoms with E-state index in [1.165, 1.54) is 49.0 Å². The Labute approximate surface area is 126 Å². The molecule has 0 bridgehead atoms. The Kier molecular flexibility index (Phi) is 4.16. The number of carbonyl (C=O) groups is 1. The molecule has 1 aromatic rings. The Morgan fingerprint density at radius 3 is 2.80 bits per heavy atom. The summed E-state index contributed by atoms with van der Waals surface area (Å²) in [6, 6.07) is 2.66. The van der Waals surface area contributed by atoms with Crippen molar-refractivity contribution in [3.8, 4) is 0 Å². The average molecular weight is 291 g/mol. The Morgan fingerprint density at radius 1 is 1.30 bits per heavy atom. The zero-order valence-electron chi connectivity index (χ0n) is 12.7. The highest BCUT2D eigenvalue weighted by Crippen LogP contribution is 2.36. The Hall–Kier alpha value is -0.830. The maximum Gasteiger partial charge on any atom is 0.264 e. The lowest BCUT2D eigenvalue weighted by Gasteiger charge is -2.44. The Bertz CT molecular complexity index is 491. The molecule has 2 nitrogen and oxygen atoms in total. The van der Waals surface area contributed by atoms with Gasteiger partial charge in [0, 0.05) is 17.5 Å². The minimum absolute atomic E-state index is 0.300.